The first kappa shape index (κ1) is 29.3. The largest absolute Gasteiger partial charge is 0.475 e. The van der Waals surface area contributed by atoms with Crippen LogP contribution in [0.15, 0.2) is 4.99 Å². The second-order valence-corrected chi connectivity index (χ2v) is 7.97. The number of nitrogens with zero attached hydrogens (tertiary/aromatic N) is 2. The summed E-state index contributed by atoms with van der Waals surface area (Å²) in [4.78, 5) is 50.0. The molecule has 0 saturated carbocycles. The highest BCUT2D eigenvalue weighted by Crippen LogP contribution is 2.08. The van der Waals surface area contributed by atoms with Crippen LogP contribution >= 0.6 is 0 Å². The maximum Gasteiger partial charge on any atom is 0.475 e. The van der Waals surface area contributed by atoms with Crippen LogP contribution in [0.4, 0.5) is 0 Å². The van der Waals surface area contributed by atoms with Crippen molar-refractivity contribution in [1.82, 2.24) is 16.1 Å². The van der Waals surface area contributed by atoms with Crippen LogP contribution in [0.1, 0.15) is 65.7 Å². The average molecular weight is 458 g/mol. The number of nitrogens with two attached hydrogens (primary N) is 1. The van der Waals surface area contributed by atoms with E-state index in [-0.39, 0.29) is 49.4 Å². The molecule has 13 nitrogen and oxygen atoms in total. The minimum absolute atomic E-state index is 0.0350. The lowest BCUT2D eigenvalue weighted by Crippen LogP contribution is -2.54. The second-order valence-electron chi connectivity index (χ2n) is 7.97. The standard InChI is InChI=1S/C18H35BN6O7/c1-12(2)11-15(19(29)30)23-17(28)14(8-6-10-21-18(20)24-25(31)32)22-16(27)9-5-4-7-13(3)26/h12,14-15,29-30H,4-11H2,1-3H3,(H,22,27)(H,23,28)(H3,20,21,24)/t14-,15-/m0/s1. The molecule has 0 rings (SSSR count). The lowest BCUT2D eigenvalue weighted by atomic mass is 9.75. The van der Waals surface area contributed by atoms with Gasteiger partial charge in [-0.1, -0.05) is 19.3 Å². The number of nitrogens with one attached hydrogen (secondary N) is 3. The number of guanidine groups is 1. The van der Waals surface area contributed by atoms with E-state index in [1.165, 1.54) is 6.92 Å². The van der Waals surface area contributed by atoms with Gasteiger partial charge in [-0.25, -0.2) is 15.1 Å². The first-order valence-corrected chi connectivity index (χ1v) is 10.6. The fourth-order valence-corrected chi connectivity index (χ4v) is 2.86. The van der Waals surface area contributed by atoms with Gasteiger partial charge in [-0.3, -0.25) is 9.59 Å². The number of ketones is 1. The molecule has 0 saturated heterocycles. The molecule has 0 radical (unpaired) electrons. The van der Waals surface area contributed by atoms with E-state index in [9.17, 15) is 34.5 Å². The van der Waals surface area contributed by atoms with E-state index >= 15 is 0 Å². The van der Waals surface area contributed by atoms with E-state index < -0.39 is 30.0 Å². The fourth-order valence-electron chi connectivity index (χ4n) is 2.86. The maximum absolute atomic E-state index is 12.7. The third-order valence-electron chi connectivity index (χ3n) is 4.39. The van der Waals surface area contributed by atoms with E-state index in [0.29, 0.717) is 25.7 Å². The van der Waals surface area contributed by atoms with E-state index in [1.807, 2.05) is 13.8 Å². The zero-order chi connectivity index (χ0) is 24.7. The van der Waals surface area contributed by atoms with Gasteiger partial charge in [0.2, 0.25) is 11.8 Å². The van der Waals surface area contributed by atoms with Crippen LogP contribution < -0.4 is 21.8 Å². The van der Waals surface area contributed by atoms with Gasteiger partial charge in [0.15, 0.2) is 5.03 Å². The van der Waals surface area contributed by atoms with Gasteiger partial charge in [-0.05, 0) is 44.9 Å². The van der Waals surface area contributed by atoms with Crippen LogP contribution in [-0.4, -0.2) is 64.3 Å². The molecule has 2 atom stereocenters. The number of hydrogen-bond donors (Lipinski definition) is 6. The van der Waals surface area contributed by atoms with E-state index in [0.717, 1.165) is 0 Å². The van der Waals surface area contributed by atoms with Crippen molar-refractivity contribution in [2.75, 3.05) is 6.54 Å². The number of rotatable bonds is 16. The zero-order valence-electron chi connectivity index (χ0n) is 18.9. The highest BCUT2D eigenvalue weighted by atomic mass is 16.7. The fraction of sp³-hybridized carbons (Fsp3) is 0.778. The summed E-state index contributed by atoms with van der Waals surface area (Å²) in [6, 6.07) is -0.969. The number of aliphatic imine (C=N–C) groups is 1. The Kier molecular flexibility index (Phi) is 14.6. The van der Waals surface area contributed by atoms with Crippen molar-refractivity contribution in [3.05, 3.63) is 10.1 Å². The van der Waals surface area contributed by atoms with Crippen LogP contribution in [0.25, 0.3) is 0 Å². The molecule has 0 aromatic carbocycles. The zero-order valence-corrected chi connectivity index (χ0v) is 18.9. The summed E-state index contributed by atoms with van der Waals surface area (Å²) in [6.07, 6.45) is 2.30. The van der Waals surface area contributed by atoms with Gasteiger partial charge in [0, 0.05) is 19.4 Å². The van der Waals surface area contributed by atoms with E-state index in [2.05, 4.69) is 15.6 Å². The van der Waals surface area contributed by atoms with Gasteiger partial charge >= 0.3 is 7.12 Å². The topological polar surface area (TPSA) is 209 Å². The van der Waals surface area contributed by atoms with Gasteiger partial charge < -0.3 is 31.2 Å². The Balaban J connectivity index is 4.99. The van der Waals surface area contributed by atoms with Crippen LogP contribution in [-0.2, 0) is 14.4 Å². The predicted octanol–water partition coefficient (Wildman–Crippen LogP) is -0.960. The van der Waals surface area contributed by atoms with Crippen molar-refractivity contribution < 1.29 is 29.5 Å². The van der Waals surface area contributed by atoms with Crippen molar-refractivity contribution in [1.29, 1.82) is 0 Å². The highest BCUT2D eigenvalue weighted by molar-refractivity contribution is 6.43. The molecule has 0 heterocycles. The Morgan fingerprint density at radius 3 is 2.28 bits per heavy atom. The first-order valence-electron chi connectivity index (χ1n) is 10.6. The summed E-state index contributed by atoms with van der Waals surface area (Å²) in [5.74, 6) is -2.13. The maximum atomic E-state index is 12.7. The van der Waals surface area contributed by atoms with Crippen molar-refractivity contribution in [2.24, 2.45) is 16.6 Å². The van der Waals surface area contributed by atoms with Gasteiger partial charge in [-0.15, -0.1) is 0 Å². The van der Waals surface area contributed by atoms with Gasteiger partial charge in [0.1, 0.15) is 11.8 Å². The number of Topliss-reactive ketones (excluding diaryl/α,β-unsaturated/α-hetero) is 1. The van der Waals surface area contributed by atoms with Gasteiger partial charge in [0.05, 0.1) is 5.94 Å². The number of unbranched alkanes of at least 4 members (excludes halogenated alkanes) is 1. The van der Waals surface area contributed by atoms with Crippen LogP contribution in [0, 0.1) is 16.0 Å². The third-order valence-corrected chi connectivity index (χ3v) is 4.39. The molecule has 0 unspecified atom stereocenters. The predicted molar refractivity (Wildman–Crippen MR) is 119 cm³/mol. The van der Waals surface area contributed by atoms with Crippen LogP contribution in [0.2, 0.25) is 0 Å². The molecular formula is C18H35BN6O7. The van der Waals surface area contributed by atoms with E-state index in [1.54, 1.807) is 5.43 Å². The quantitative estimate of drug-likeness (QED) is 0.0419. The summed E-state index contributed by atoms with van der Waals surface area (Å²) in [7, 11) is -1.76. The number of hydrazine groups is 1. The highest BCUT2D eigenvalue weighted by Gasteiger charge is 2.29. The smallest absolute Gasteiger partial charge is 0.426 e. The van der Waals surface area contributed by atoms with Crippen LogP contribution in [0.3, 0.4) is 0 Å². The van der Waals surface area contributed by atoms with Crippen LogP contribution in [0.5, 0.6) is 0 Å². The molecule has 0 fully saturated rings. The Morgan fingerprint density at radius 2 is 1.75 bits per heavy atom. The Labute approximate surface area is 187 Å². The minimum atomic E-state index is -1.76. The molecule has 32 heavy (non-hydrogen) atoms. The number of carbonyl (C=O) groups is 3. The molecule has 0 aromatic rings. The van der Waals surface area contributed by atoms with E-state index in [4.69, 9.17) is 5.73 Å². The Morgan fingerprint density at radius 1 is 1.12 bits per heavy atom. The summed E-state index contributed by atoms with van der Waals surface area (Å²) in [6.45, 7) is 5.27. The number of hydrogen-bond acceptors (Lipinski definition) is 8. The summed E-state index contributed by atoms with van der Waals surface area (Å²) in [5, 5.41) is 33.7. The Bertz CT molecular complexity index is 660. The SMILES string of the molecule is CC(=O)CCCCC(=O)N[C@@H](CCCN=C(N)N[N+](=O)[O-])C(=O)N[C@@H](CC(C)C)B(O)O. The molecule has 182 valence electrons. The minimum Gasteiger partial charge on any atom is -0.426 e. The normalized spacial score (nSPS) is 13.2. The number of nitro groups is 1. The first-order chi connectivity index (χ1) is 14.9. The molecule has 0 bridgehead atoms. The Hall–Kier alpha value is -2.74. The summed E-state index contributed by atoms with van der Waals surface area (Å²) < 4.78 is 0. The molecule has 0 aliphatic rings. The monoisotopic (exact) mass is 458 g/mol. The second kappa shape index (κ2) is 16.0. The summed E-state index contributed by atoms with van der Waals surface area (Å²) >= 11 is 0. The molecule has 7 N–H and O–H groups in total. The van der Waals surface area contributed by atoms with Gasteiger partial charge in [-0.2, -0.15) is 0 Å². The molecule has 2 amide bonds. The molecular weight excluding hydrogens is 423 g/mol. The average Bonchev–Trinajstić information content (AvgIpc) is 2.65. The summed E-state index contributed by atoms with van der Waals surface area (Å²) in [5.41, 5.74) is 7.04. The molecule has 14 heteroatoms. The lowest BCUT2D eigenvalue weighted by Gasteiger charge is -2.24. The van der Waals surface area contributed by atoms with Crippen molar-refractivity contribution >= 4 is 30.7 Å². The lowest BCUT2D eigenvalue weighted by molar-refractivity contribution is -0.525. The third kappa shape index (κ3) is 15.1. The molecule has 0 aromatic heterocycles. The van der Waals surface area contributed by atoms with Crippen molar-refractivity contribution in [2.45, 2.75) is 77.7 Å². The van der Waals surface area contributed by atoms with Gasteiger partial charge in [0.25, 0.3) is 5.96 Å². The number of amides is 2. The molecule has 0 spiro atoms. The van der Waals surface area contributed by atoms with Crippen molar-refractivity contribution in [3.63, 3.8) is 0 Å². The van der Waals surface area contributed by atoms with Crippen molar-refractivity contribution in [3.8, 4) is 0 Å². The molecule has 0 aliphatic carbocycles. The number of carbonyl (C=O) groups excluding carboxylic acids is 3. The molecule has 0 aliphatic heterocycles.